The molecule has 2 rings (SSSR count). The van der Waals surface area contributed by atoms with Gasteiger partial charge in [-0.05, 0) is 24.3 Å². The van der Waals surface area contributed by atoms with Crippen molar-refractivity contribution in [3.63, 3.8) is 0 Å². The summed E-state index contributed by atoms with van der Waals surface area (Å²) >= 11 is 4.08. The minimum atomic E-state index is -0.664. The third-order valence-corrected chi connectivity index (χ3v) is 3.15. The van der Waals surface area contributed by atoms with Crippen molar-refractivity contribution in [1.29, 1.82) is 0 Å². The average molecular weight is 289 g/mol. The van der Waals surface area contributed by atoms with E-state index in [1.54, 1.807) is 12.3 Å². The number of benzene rings is 1. The lowest BCUT2D eigenvalue weighted by Crippen LogP contribution is -2.44. The zero-order valence-electron chi connectivity index (χ0n) is 11.0. The van der Waals surface area contributed by atoms with E-state index >= 15 is 0 Å². The van der Waals surface area contributed by atoms with Crippen LogP contribution in [-0.4, -0.2) is 28.6 Å². The molecule has 1 aromatic heterocycles. The normalized spacial score (nSPS) is 11.9. The highest BCUT2D eigenvalue weighted by Crippen LogP contribution is 2.21. The number of fused-ring (bicyclic) bond motifs is 1. The van der Waals surface area contributed by atoms with E-state index in [0.717, 1.165) is 10.9 Å². The van der Waals surface area contributed by atoms with Crippen LogP contribution in [0, 0.1) is 0 Å². The highest BCUT2D eigenvalue weighted by molar-refractivity contribution is 7.80. The number of carbonyl (C=O) groups excluding carboxylic acids is 2. The van der Waals surface area contributed by atoms with Crippen molar-refractivity contribution in [2.45, 2.75) is 13.0 Å². The second kappa shape index (κ2) is 6.38. The van der Waals surface area contributed by atoms with E-state index < -0.39 is 6.04 Å². The molecule has 1 heterocycles. The molecule has 5 nitrogen and oxygen atoms in total. The van der Waals surface area contributed by atoms with E-state index in [0.29, 0.717) is 5.69 Å². The first-order valence-electron chi connectivity index (χ1n) is 6.14. The molecular formula is C14H15N3O2S. The van der Waals surface area contributed by atoms with Crippen molar-refractivity contribution in [3.05, 3.63) is 36.5 Å². The van der Waals surface area contributed by atoms with Crippen LogP contribution in [0.15, 0.2) is 36.5 Å². The fourth-order valence-corrected chi connectivity index (χ4v) is 2.13. The molecule has 0 spiro atoms. The zero-order chi connectivity index (χ0) is 14.5. The van der Waals surface area contributed by atoms with E-state index in [1.807, 2.05) is 24.3 Å². The maximum absolute atomic E-state index is 12.1. The summed E-state index contributed by atoms with van der Waals surface area (Å²) in [5, 5.41) is 6.20. The summed E-state index contributed by atoms with van der Waals surface area (Å²) in [6, 6.07) is 8.51. The first-order valence-corrected chi connectivity index (χ1v) is 6.77. The maximum Gasteiger partial charge on any atom is 0.247 e. The molecule has 0 aliphatic heterocycles. The summed E-state index contributed by atoms with van der Waals surface area (Å²) in [6.07, 6.45) is 1.70. The molecule has 0 aliphatic carbocycles. The summed E-state index contributed by atoms with van der Waals surface area (Å²) in [5.74, 6) is -0.334. The minimum absolute atomic E-state index is 0.231. The fourth-order valence-electron chi connectivity index (χ4n) is 1.87. The lowest BCUT2D eigenvalue weighted by molar-refractivity contribution is -0.124. The summed E-state index contributed by atoms with van der Waals surface area (Å²) in [4.78, 5) is 27.4. The summed E-state index contributed by atoms with van der Waals surface area (Å²) < 4.78 is 0. The Labute approximate surface area is 122 Å². The van der Waals surface area contributed by atoms with Crippen LogP contribution in [0.3, 0.4) is 0 Å². The van der Waals surface area contributed by atoms with Crippen LogP contribution < -0.4 is 10.6 Å². The van der Waals surface area contributed by atoms with Crippen molar-refractivity contribution in [2.75, 3.05) is 11.1 Å². The Morgan fingerprint density at radius 1 is 1.30 bits per heavy atom. The number of carbonyl (C=O) groups is 2. The van der Waals surface area contributed by atoms with E-state index in [1.165, 1.54) is 6.92 Å². The number of rotatable bonds is 4. The zero-order valence-corrected chi connectivity index (χ0v) is 11.9. The highest BCUT2D eigenvalue weighted by Gasteiger charge is 2.18. The van der Waals surface area contributed by atoms with Crippen LogP contribution in [0.4, 0.5) is 5.69 Å². The highest BCUT2D eigenvalue weighted by atomic mass is 32.1. The van der Waals surface area contributed by atoms with Gasteiger partial charge in [-0.2, -0.15) is 12.6 Å². The topological polar surface area (TPSA) is 71.1 Å². The Bertz CT molecular complexity index is 640. The Morgan fingerprint density at radius 3 is 2.80 bits per heavy atom. The number of thiol groups is 1. The van der Waals surface area contributed by atoms with Crippen molar-refractivity contribution < 1.29 is 9.59 Å². The van der Waals surface area contributed by atoms with Gasteiger partial charge < -0.3 is 10.6 Å². The predicted molar refractivity (Wildman–Crippen MR) is 81.8 cm³/mol. The molecule has 2 aromatic rings. The number of aromatic nitrogens is 1. The molecular weight excluding hydrogens is 274 g/mol. The molecule has 0 fully saturated rings. The lowest BCUT2D eigenvalue weighted by Gasteiger charge is -2.16. The monoisotopic (exact) mass is 289 g/mol. The van der Waals surface area contributed by atoms with Gasteiger partial charge in [-0.3, -0.25) is 14.6 Å². The molecule has 1 aromatic carbocycles. The van der Waals surface area contributed by atoms with E-state index in [9.17, 15) is 9.59 Å². The van der Waals surface area contributed by atoms with Crippen molar-refractivity contribution >= 4 is 41.0 Å². The molecule has 2 N–H and O–H groups in total. The molecule has 0 aliphatic rings. The van der Waals surface area contributed by atoms with Crippen LogP contribution in [-0.2, 0) is 9.59 Å². The van der Waals surface area contributed by atoms with Gasteiger partial charge in [0.2, 0.25) is 11.8 Å². The first kappa shape index (κ1) is 14.3. The quantitative estimate of drug-likeness (QED) is 0.749. The van der Waals surface area contributed by atoms with Crippen molar-refractivity contribution in [2.24, 2.45) is 0 Å². The maximum atomic E-state index is 12.1. The van der Waals surface area contributed by atoms with Gasteiger partial charge in [0, 0.05) is 24.3 Å². The number of pyridine rings is 1. The van der Waals surface area contributed by atoms with E-state index in [-0.39, 0.29) is 17.6 Å². The van der Waals surface area contributed by atoms with Crippen LogP contribution in [0.2, 0.25) is 0 Å². The number of amides is 2. The lowest BCUT2D eigenvalue weighted by atomic mass is 10.1. The Balaban J connectivity index is 2.23. The van der Waals surface area contributed by atoms with Gasteiger partial charge in [0.25, 0.3) is 0 Å². The van der Waals surface area contributed by atoms with Gasteiger partial charge in [0.1, 0.15) is 6.04 Å². The number of hydrogen-bond donors (Lipinski definition) is 3. The minimum Gasteiger partial charge on any atom is -0.344 e. The SMILES string of the molecule is CC(=O)NC(CS)C(=O)Nc1cccc2ncccc12. The molecule has 104 valence electrons. The average Bonchev–Trinajstić information content (AvgIpc) is 2.45. The van der Waals surface area contributed by atoms with Gasteiger partial charge in [-0.25, -0.2) is 0 Å². The predicted octanol–water partition coefficient (Wildman–Crippen LogP) is 1.61. The number of anilines is 1. The van der Waals surface area contributed by atoms with Gasteiger partial charge in [-0.1, -0.05) is 6.07 Å². The molecule has 6 heteroatoms. The van der Waals surface area contributed by atoms with Crippen molar-refractivity contribution in [1.82, 2.24) is 10.3 Å². The fraction of sp³-hybridized carbons (Fsp3) is 0.214. The second-order valence-corrected chi connectivity index (χ2v) is 4.67. The van der Waals surface area contributed by atoms with Crippen LogP contribution in [0.5, 0.6) is 0 Å². The molecule has 1 atom stereocenters. The molecule has 20 heavy (non-hydrogen) atoms. The Hall–Kier alpha value is -2.08. The largest absolute Gasteiger partial charge is 0.344 e. The van der Waals surface area contributed by atoms with Gasteiger partial charge in [0.05, 0.1) is 11.2 Å². The standard InChI is InChI=1S/C14H15N3O2S/c1-9(18)16-13(8-20)14(19)17-12-6-2-5-11-10(12)4-3-7-15-11/h2-7,13,20H,8H2,1H3,(H,16,18)(H,17,19). The number of nitrogens with zero attached hydrogens (tertiary/aromatic N) is 1. The third-order valence-electron chi connectivity index (χ3n) is 2.78. The van der Waals surface area contributed by atoms with Crippen LogP contribution in [0.25, 0.3) is 10.9 Å². The van der Waals surface area contributed by atoms with Gasteiger partial charge in [0.15, 0.2) is 0 Å². The molecule has 0 bridgehead atoms. The van der Waals surface area contributed by atoms with Gasteiger partial charge >= 0.3 is 0 Å². The van der Waals surface area contributed by atoms with Crippen molar-refractivity contribution in [3.8, 4) is 0 Å². The molecule has 0 radical (unpaired) electrons. The van der Waals surface area contributed by atoms with Gasteiger partial charge in [-0.15, -0.1) is 0 Å². The van der Waals surface area contributed by atoms with Crippen LogP contribution in [0.1, 0.15) is 6.92 Å². The number of nitrogens with one attached hydrogen (secondary N) is 2. The molecule has 0 saturated carbocycles. The molecule has 2 amide bonds. The first-order chi connectivity index (χ1) is 9.61. The third kappa shape index (κ3) is 3.27. The summed E-state index contributed by atoms with van der Waals surface area (Å²) in [5.41, 5.74) is 1.46. The number of hydrogen-bond acceptors (Lipinski definition) is 4. The Kier molecular flexibility index (Phi) is 4.57. The van der Waals surface area contributed by atoms with E-state index in [4.69, 9.17) is 0 Å². The molecule has 0 saturated heterocycles. The molecule has 1 unspecified atom stereocenters. The smallest absolute Gasteiger partial charge is 0.247 e. The van der Waals surface area contributed by atoms with E-state index in [2.05, 4.69) is 28.2 Å². The Morgan fingerprint density at radius 2 is 2.10 bits per heavy atom. The summed E-state index contributed by atoms with van der Waals surface area (Å²) in [6.45, 7) is 1.37. The van der Waals surface area contributed by atoms with Crippen LogP contribution >= 0.6 is 12.6 Å². The second-order valence-electron chi connectivity index (χ2n) is 4.30. The summed E-state index contributed by atoms with van der Waals surface area (Å²) in [7, 11) is 0.